The monoisotopic (exact) mass is 274 g/mol. The fourth-order valence-electron chi connectivity index (χ4n) is 1.48. The third-order valence-electron chi connectivity index (χ3n) is 2.53. The van der Waals surface area contributed by atoms with Gasteiger partial charge in [-0.2, -0.15) is 0 Å². The van der Waals surface area contributed by atoms with Crippen LogP contribution < -0.4 is 11.1 Å². The van der Waals surface area contributed by atoms with Crippen molar-refractivity contribution < 1.29 is 13.9 Å². The van der Waals surface area contributed by atoms with Crippen molar-refractivity contribution in [1.29, 1.82) is 0 Å². The van der Waals surface area contributed by atoms with Crippen molar-refractivity contribution in [2.45, 2.75) is 19.9 Å². The molecule has 0 spiro atoms. The predicted octanol–water partition coefficient (Wildman–Crippen LogP) is 2.67. The molecule has 1 rings (SSSR count). The van der Waals surface area contributed by atoms with Gasteiger partial charge in [0.2, 0.25) is 0 Å². The minimum Gasteiger partial charge on any atom is -0.467 e. The number of halogens is 2. The maximum Gasteiger partial charge on any atom is 0.328 e. The molecule has 0 radical (unpaired) electrons. The van der Waals surface area contributed by atoms with Crippen LogP contribution in [0.15, 0.2) is 12.1 Å². The Balaban J connectivity index is 3.01. The molecule has 0 saturated carbocycles. The highest BCUT2D eigenvalue weighted by Gasteiger charge is 2.23. The number of nitrogens with one attached hydrogen (secondary N) is 1. The van der Waals surface area contributed by atoms with Gasteiger partial charge in [-0.25, -0.2) is 9.18 Å². The lowest BCUT2D eigenvalue weighted by molar-refractivity contribution is -0.142. The summed E-state index contributed by atoms with van der Waals surface area (Å²) in [5.74, 6) is -1.06. The number of hydrogen-bond acceptors (Lipinski definition) is 4. The summed E-state index contributed by atoms with van der Waals surface area (Å²) in [7, 11) is 1.30. The predicted molar refractivity (Wildman–Crippen MR) is 70.1 cm³/mol. The molecule has 0 aliphatic rings. The average Bonchev–Trinajstić information content (AvgIpc) is 2.30. The number of benzene rings is 1. The lowest BCUT2D eigenvalue weighted by Gasteiger charge is -2.22. The van der Waals surface area contributed by atoms with Crippen LogP contribution in [0.2, 0.25) is 5.02 Å². The number of hydrogen-bond donors (Lipinski definition) is 2. The first-order valence-corrected chi connectivity index (χ1v) is 5.83. The molecule has 1 aromatic rings. The molecule has 0 heterocycles. The van der Waals surface area contributed by atoms with Crippen molar-refractivity contribution in [2.24, 2.45) is 5.92 Å². The van der Waals surface area contributed by atoms with Crippen molar-refractivity contribution in [3.8, 4) is 0 Å². The fourth-order valence-corrected chi connectivity index (χ4v) is 1.65. The summed E-state index contributed by atoms with van der Waals surface area (Å²) in [5.41, 5.74) is 6.31. The van der Waals surface area contributed by atoms with Gasteiger partial charge in [0.25, 0.3) is 0 Å². The summed E-state index contributed by atoms with van der Waals surface area (Å²) in [6.07, 6.45) is 0. The number of carbonyl (C=O) groups is 1. The second-order valence-corrected chi connectivity index (χ2v) is 4.65. The molecule has 0 bridgehead atoms. The number of esters is 1. The first-order chi connectivity index (χ1) is 8.36. The van der Waals surface area contributed by atoms with Gasteiger partial charge in [-0.3, -0.25) is 0 Å². The zero-order valence-electron chi connectivity index (χ0n) is 10.5. The van der Waals surface area contributed by atoms with E-state index >= 15 is 0 Å². The number of rotatable bonds is 4. The summed E-state index contributed by atoms with van der Waals surface area (Å²) in [6.45, 7) is 3.69. The highest BCUT2D eigenvalue weighted by Crippen LogP contribution is 2.27. The van der Waals surface area contributed by atoms with Crippen LogP contribution in [0, 0.1) is 11.7 Å². The van der Waals surface area contributed by atoms with E-state index in [1.807, 2.05) is 13.8 Å². The minimum absolute atomic E-state index is 0.0319. The van der Waals surface area contributed by atoms with Gasteiger partial charge in [-0.15, -0.1) is 0 Å². The van der Waals surface area contributed by atoms with E-state index in [1.54, 1.807) is 0 Å². The van der Waals surface area contributed by atoms with Gasteiger partial charge in [-0.05, 0) is 12.0 Å². The van der Waals surface area contributed by atoms with Crippen molar-refractivity contribution >= 4 is 28.9 Å². The third kappa shape index (κ3) is 3.26. The lowest BCUT2D eigenvalue weighted by atomic mass is 10.0. The maximum absolute atomic E-state index is 13.4. The molecule has 100 valence electrons. The van der Waals surface area contributed by atoms with Gasteiger partial charge >= 0.3 is 5.97 Å². The zero-order valence-corrected chi connectivity index (χ0v) is 11.2. The van der Waals surface area contributed by atoms with E-state index in [0.29, 0.717) is 5.69 Å². The van der Waals surface area contributed by atoms with Crippen molar-refractivity contribution in [1.82, 2.24) is 0 Å². The van der Waals surface area contributed by atoms with Gasteiger partial charge < -0.3 is 15.8 Å². The molecule has 3 N–H and O–H groups in total. The SMILES string of the molecule is COC(=O)C(Nc1cc(F)c(Cl)cc1N)C(C)C. The van der Waals surface area contributed by atoms with Crippen LogP contribution in [0.4, 0.5) is 15.8 Å². The largest absolute Gasteiger partial charge is 0.467 e. The molecule has 6 heteroatoms. The van der Waals surface area contributed by atoms with Gasteiger partial charge in [0.15, 0.2) is 0 Å². The van der Waals surface area contributed by atoms with Crippen LogP contribution in [0.1, 0.15) is 13.8 Å². The molecule has 18 heavy (non-hydrogen) atoms. The number of ether oxygens (including phenoxy) is 1. The second kappa shape index (κ2) is 5.91. The van der Waals surface area contributed by atoms with E-state index in [1.165, 1.54) is 13.2 Å². The van der Waals surface area contributed by atoms with E-state index in [4.69, 9.17) is 17.3 Å². The molecule has 1 atom stereocenters. The second-order valence-electron chi connectivity index (χ2n) is 4.24. The third-order valence-corrected chi connectivity index (χ3v) is 2.81. The molecule has 0 aliphatic heterocycles. The molecule has 0 aliphatic carbocycles. The first-order valence-electron chi connectivity index (χ1n) is 5.45. The summed E-state index contributed by atoms with van der Waals surface area (Å²) < 4.78 is 18.0. The standard InChI is InChI=1S/C12H16ClFN2O2/c1-6(2)11(12(17)18-3)16-10-5-8(14)7(13)4-9(10)15/h4-6,11,16H,15H2,1-3H3. The van der Waals surface area contributed by atoms with Gasteiger partial charge in [0, 0.05) is 6.07 Å². The Kier molecular flexibility index (Phi) is 4.78. The molecular weight excluding hydrogens is 259 g/mol. The van der Waals surface area contributed by atoms with Crippen LogP contribution in [0.5, 0.6) is 0 Å². The number of nitrogen functional groups attached to an aromatic ring is 1. The smallest absolute Gasteiger partial charge is 0.328 e. The minimum atomic E-state index is -0.599. The number of methoxy groups -OCH3 is 1. The summed E-state index contributed by atoms with van der Waals surface area (Å²) in [5, 5.41) is 2.81. The Bertz CT molecular complexity index is 452. The lowest BCUT2D eigenvalue weighted by Crippen LogP contribution is -2.35. The van der Waals surface area contributed by atoms with E-state index < -0.39 is 17.8 Å². The molecule has 0 fully saturated rings. The molecule has 1 unspecified atom stereocenters. The molecule has 4 nitrogen and oxygen atoms in total. The summed E-state index contributed by atoms with van der Waals surface area (Å²) in [6, 6.07) is 1.86. The normalized spacial score (nSPS) is 12.3. The number of anilines is 2. The fraction of sp³-hybridized carbons (Fsp3) is 0.417. The zero-order chi connectivity index (χ0) is 13.9. The number of carbonyl (C=O) groups excluding carboxylic acids is 1. The van der Waals surface area contributed by atoms with E-state index in [-0.39, 0.29) is 16.6 Å². The molecule has 0 aromatic heterocycles. The molecule has 0 amide bonds. The Morgan fingerprint density at radius 3 is 2.61 bits per heavy atom. The highest BCUT2D eigenvalue weighted by molar-refractivity contribution is 6.31. The van der Waals surface area contributed by atoms with Crippen LogP contribution in [0.3, 0.4) is 0 Å². The summed E-state index contributed by atoms with van der Waals surface area (Å²) in [4.78, 5) is 11.6. The molecule has 1 aromatic carbocycles. The van der Waals surface area contributed by atoms with Crippen LogP contribution >= 0.6 is 11.6 Å². The van der Waals surface area contributed by atoms with E-state index in [0.717, 1.165) is 6.07 Å². The van der Waals surface area contributed by atoms with E-state index in [2.05, 4.69) is 10.1 Å². The highest BCUT2D eigenvalue weighted by atomic mass is 35.5. The Morgan fingerprint density at radius 1 is 1.50 bits per heavy atom. The Hall–Kier alpha value is -1.49. The Morgan fingerprint density at radius 2 is 2.11 bits per heavy atom. The maximum atomic E-state index is 13.4. The van der Waals surface area contributed by atoms with Crippen LogP contribution in [0.25, 0.3) is 0 Å². The van der Waals surface area contributed by atoms with Gasteiger partial charge in [0.05, 0.1) is 23.5 Å². The number of nitrogens with two attached hydrogens (primary N) is 1. The average molecular weight is 275 g/mol. The molecule has 0 saturated heterocycles. The van der Waals surface area contributed by atoms with Gasteiger partial charge in [-0.1, -0.05) is 25.4 Å². The molecular formula is C12H16ClFN2O2. The van der Waals surface area contributed by atoms with Crippen molar-refractivity contribution in [2.75, 3.05) is 18.2 Å². The first kappa shape index (κ1) is 14.6. The quantitative estimate of drug-likeness (QED) is 0.654. The van der Waals surface area contributed by atoms with Crippen molar-refractivity contribution in [3.63, 3.8) is 0 Å². The van der Waals surface area contributed by atoms with Crippen molar-refractivity contribution in [3.05, 3.63) is 23.0 Å². The Labute approximate surface area is 110 Å². The summed E-state index contributed by atoms with van der Waals surface area (Å²) >= 11 is 5.60. The topological polar surface area (TPSA) is 64.3 Å². The van der Waals surface area contributed by atoms with Gasteiger partial charge in [0.1, 0.15) is 11.9 Å². The van der Waals surface area contributed by atoms with Crippen LogP contribution in [-0.2, 0) is 9.53 Å². The van der Waals surface area contributed by atoms with E-state index in [9.17, 15) is 9.18 Å². The van der Waals surface area contributed by atoms with Crippen LogP contribution in [-0.4, -0.2) is 19.1 Å².